The number of aliphatic carboxylic acids is 1. The van der Waals surface area contributed by atoms with Crippen molar-refractivity contribution in [2.75, 3.05) is 19.8 Å². The van der Waals surface area contributed by atoms with Crippen LogP contribution in [0.25, 0.3) is 0 Å². The van der Waals surface area contributed by atoms with E-state index in [2.05, 4.69) is 4.84 Å². The molecule has 48 heavy (non-hydrogen) atoms. The van der Waals surface area contributed by atoms with E-state index in [0.29, 0.717) is 24.8 Å². The largest absolute Gasteiger partial charge is 0.480 e. The van der Waals surface area contributed by atoms with Crippen molar-refractivity contribution in [2.45, 2.75) is 94.7 Å². The van der Waals surface area contributed by atoms with Gasteiger partial charge in [0.2, 0.25) is 5.78 Å². The molecule has 0 bridgehead atoms. The average molecular weight is 685 g/mol. The molecule has 9 atom stereocenters. The molecule has 0 heterocycles. The fourth-order valence-corrected chi connectivity index (χ4v) is 8.26. The molecule has 4 rings (SSSR count). The molecule has 16 nitrogen and oxygen atoms in total. The van der Waals surface area contributed by atoms with Gasteiger partial charge in [-0.3, -0.25) is 14.4 Å². The Bertz CT molecular complexity index is 1400. The molecule has 1 unspecified atom stereocenters. The second kappa shape index (κ2) is 13.9. The molecule has 266 valence electrons. The Morgan fingerprint density at radius 2 is 1.83 bits per heavy atom. The number of ether oxygens (including phenoxy) is 2. The summed E-state index contributed by atoms with van der Waals surface area (Å²) >= 11 is 0. The number of carboxylic acids is 1. The molecule has 3 saturated carbocycles. The van der Waals surface area contributed by atoms with E-state index in [1.165, 1.54) is 25.2 Å². The van der Waals surface area contributed by atoms with Gasteiger partial charge in [0.15, 0.2) is 29.7 Å². The standard InChI is InChI=1S/C31H41FN2O14/c1-28-10-9-18(35)12-17(28)7-8-19-20-13-22(36)31(43,29(20,2)14-23(37)30(19,28)32)24(38)16-47-27(42)33-21(26(40)41)15-46-25(39)6-4-3-5-11-48-34(44)45/h9-10,12,19-23,36-37,43H,3-8,11,13-16H2,1-2H3,(H,33,42)(H,40,41)/t19-,20-,21?,22+,23-,28-,29-,30-,31-/m0/s1. The summed E-state index contributed by atoms with van der Waals surface area (Å²) in [6, 6.07) is -1.77. The van der Waals surface area contributed by atoms with Crippen LogP contribution in [0.2, 0.25) is 0 Å². The van der Waals surface area contributed by atoms with Gasteiger partial charge in [-0.25, -0.2) is 14.0 Å². The second-order valence-electron chi connectivity index (χ2n) is 13.4. The number of carbonyl (C=O) groups is 5. The van der Waals surface area contributed by atoms with Crippen molar-refractivity contribution in [1.29, 1.82) is 0 Å². The number of unbranched alkanes of at least 4 members (excludes halogenated alkanes) is 2. The van der Waals surface area contributed by atoms with Gasteiger partial charge < -0.3 is 40.1 Å². The number of fused-ring (bicyclic) bond motifs is 5. The SMILES string of the molecule is C[C@]12C=CC(=O)C=C1CC[C@H]1[C@@H]3C[C@@H](O)[C@](O)(C(=O)COC(=O)NC(COC(=O)CCCCCO[N+](=O)[O-])C(=O)O)[C@@]3(C)C[C@H](O)[C@@]12F. The number of halogens is 1. The molecule has 17 heteroatoms. The van der Waals surface area contributed by atoms with E-state index in [-0.39, 0.29) is 38.1 Å². The van der Waals surface area contributed by atoms with E-state index in [4.69, 9.17) is 9.47 Å². The summed E-state index contributed by atoms with van der Waals surface area (Å²) in [5.74, 6) is -5.50. The number of aliphatic hydroxyl groups excluding tert-OH is 2. The van der Waals surface area contributed by atoms with Gasteiger partial charge >= 0.3 is 18.0 Å². The van der Waals surface area contributed by atoms with Crippen LogP contribution in [0.4, 0.5) is 9.18 Å². The van der Waals surface area contributed by atoms with Gasteiger partial charge in [0.1, 0.15) is 6.61 Å². The van der Waals surface area contributed by atoms with Gasteiger partial charge in [0.05, 0.1) is 18.8 Å². The predicted octanol–water partition coefficient (Wildman–Crippen LogP) is 1.12. The summed E-state index contributed by atoms with van der Waals surface area (Å²) in [6.07, 6.45) is 0.00865. The van der Waals surface area contributed by atoms with Crippen LogP contribution in [0.1, 0.15) is 65.2 Å². The first-order valence-corrected chi connectivity index (χ1v) is 15.8. The van der Waals surface area contributed by atoms with Crippen molar-refractivity contribution in [3.05, 3.63) is 33.9 Å². The molecule has 0 radical (unpaired) electrons. The maximum atomic E-state index is 17.2. The fourth-order valence-electron chi connectivity index (χ4n) is 8.26. The first-order valence-electron chi connectivity index (χ1n) is 15.8. The van der Waals surface area contributed by atoms with Gasteiger partial charge in [0.25, 0.3) is 5.09 Å². The lowest BCUT2D eigenvalue weighted by molar-refractivity contribution is -0.757. The number of Topliss-reactive ketones (excluding diaryl/α,β-unsaturated/α-hetero) is 1. The molecule has 0 aromatic heterocycles. The number of rotatable bonds is 14. The molecular formula is C31H41FN2O14. The van der Waals surface area contributed by atoms with E-state index in [1.54, 1.807) is 6.92 Å². The Balaban J connectivity index is 1.35. The van der Waals surface area contributed by atoms with Crippen LogP contribution in [0.15, 0.2) is 23.8 Å². The van der Waals surface area contributed by atoms with E-state index in [1.807, 2.05) is 5.32 Å². The average Bonchev–Trinajstić information content (AvgIpc) is 3.21. The van der Waals surface area contributed by atoms with E-state index in [9.17, 15) is 54.5 Å². The number of aliphatic hydroxyl groups is 3. The molecule has 1 amide bonds. The number of nitrogens with one attached hydrogen (secondary N) is 1. The number of allylic oxidation sites excluding steroid dienone is 4. The Hall–Kier alpha value is -3.96. The minimum Gasteiger partial charge on any atom is -0.480 e. The smallest absolute Gasteiger partial charge is 0.408 e. The third kappa shape index (κ3) is 6.42. The lowest BCUT2D eigenvalue weighted by Crippen LogP contribution is -2.69. The Morgan fingerprint density at radius 3 is 2.50 bits per heavy atom. The van der Waals surface area contributed by atoms with Gasteiger partial charge in [-0.05, 0) is 63.5 Å². The Kier molecular flexibility index (Phi) is 10.7. The van der Waals surface area contributed by atoms with Crippen molar-refractivity contribution in [2.24, 2.45) is 22.7 Å². The zero-order chi connectivity index (χ0) is 35.7. The van der Waals surface area contributed by atoms with E-state index in [0.717, 1.165) is 0 Å². The number of carbonyl (C=O) groups excluding carboxylic acids is 4. The van der Waals surface area contributed by atoms with Gasteiger partial charge in [0, 0.05) is 23.2 Å². The van der Waals surface area contributed by atoms with E-state index < -0.39 is 101 Å². The monoisotopic (exact) mass is 684 g/mol. The lowest BCUT2D eigenvalue weighted by Gasteiger charge is -2.62. The van der Waals surface area contributed by atoms with E-state index >= 15 is 4.39 Å². The molecule has 4 aliphatic rings. The van der Waals surface area contributed by atoms with Crippen LogP contribution >= 0.6 is 0 Å². The molecule has 4 aliphatic carbocycles. The van der Waals surface area contributed by atoms with Crippen LogP contribution in [0, 0.1) is 32.8 Å². The maximum Gasteiger partial charge on any atom is 0.408 e. The van der Waals surface area contributed by atoms with Crippen LogP contribution in [0.5, 0.6) is 0 Å². The molecule has 5 N–H and O–H groups in total. The highest BCUT2D eigenvalue weighted by Gasteiger charge is 2.76. The number of esters is 1. The fraction of sp³-hybridized carbons (Fsp3) is 0.710. The van der Waals surface area contributed by atoms with Crippen molar-refractivity contribution in [3.8, 4) is 0 Å². The summed E-state index contributed by atoms with van der Waals surface area (Å²) in [5, 5.41) is 54.8. The molecule has 0 aromatic carbocycles. The number of ketones is 2. The summed E-state index contributed by atoms with van der Waals surface area (Å²) < 4.78 is 27.0. The zero-order valence-electron chi connectivity index (χ0n) is 26.6. The Labute approximate surface area is 274 Å². The summed E-state index contributed by atoms with van der Waals surface area (Å²) in [4.78, 5) is 75.8. The van der Waals surface area contributed by atoms with Crippen molar-refractivity contribution in [3.63, 3.8) is 0 Å². The molecule has 0 aliphatic heterocycles. The quantitative estimate of drug-likeness (QED) is 0.0745. The molecule has 3 fully saturated rings. The summed E-state index contributed by atoms with van der Waals surface area (Å²) in [5.41, 5.74) is -7.18. The first-order chi connectivity index (χ1) is 22.4. The third-order valence-electron chi connectivity index (χ3n) is 10.8. The zero-order valence-corrected chi connectivity index (χ0v) is 26.6. The lowest BCUT2D eigenvalue weighted by atomic mass is 9.44. The highest BCUT2D eigenvalue weighted by molar-refractivity contribution is 6.01. The minimum absolute atomic E-state index is 0.128. The summed E-state index contributed by atoms with van der Waals surface area (Å²) in [6.45, 7) is 1.03. The van der Waals surface area contributed by atoms with Crippen molar-refractivity contribution in [1.82, 2.24) is 5.32 Å². The number of nitrogens with zero attached hydrogens (tertiary/aromatic N) is 1. The molecular weight excluding hydrogens is 643 g/mol. The maximum absolute atomic E-state index is 17.2. The second-order valence-corrected chi connectivity index (χ2v) is 13.4. The normalized spacial score (nSPS) is 35.6. The number of carboxylic acid groups (broad SMARTS) is 1. The van der Waals surface area contributed by atoms with Gasteiger partial charge in [-0.2, -0.15) is 0 Å². The highest BCUT2D eigenvalue weighted by atomic mass is 19.1. The number of hydrogen-bond donors (Lipinski definition) is 5. The highest BCUT2D eigenvalue weighted by Crippen LogP contribution is 2.69. The van der Waals surface area contributed by atoms with Crippen molar-refractivity contribution < 1.29 is 68.2 Å². The molecule has 0 saturated heterocycles. The van der Waals surface area contributed by atoms with Gasteiger partial charge in [-0.15, -0.1) is 10.1 Å². The topological polar surface area (TPSA) is 249 Å². The Morgan fingerprint density at radius 1 is 1.12 bits per heavy atom. The number of alkyl halides is 1. The van der Waals surface area contributed by atoms with Crippen LogP contribution < -0.4 is 5.32 Å². The van der Waals surface area contributed by atoms with Gasteiger partial charge in [-0.1, -0.05) is 25.0 Å². The molecule has 0 spiro atoms. The predicted molar refractivity (Wildman–Crippen MR) is 158 cm³/mol. The third-order valence-corrected chi connectivity index (χ3v) is 10.8. The van der Waals surface area contributed by atoms with Crippen molar-refractivity contribution >= 4 is 29.6 Å². The number of alkyl carbamates (subject to hydrolysis) is 1. The summed E-state index contributed by atoms with van der Waals surface area (Å²) in [7, 11) is 0. The van der Waals surface area contributed by atoms with Crippen LogP contribution in [-0.2, 0) is 33.5 Å². The number of amides is 1. The first kappa shape index (κ1) is 36.9. The minimum atomic E-state index is -2.56. The van der Waals surface area contributed by atoms with Crippen LogP contribution in [-0.4, -0.2) is 104 Å². The molecule has 0 aromatic rings. The van der Waals surface area contributed by atoms with Crippen LogP contribution in [0.3, 0.4) is 0 Å². The number of hydrogen-bond acceptors (Lipinski definition) is 13.